The number of carbonyl (C=O) groups is 2. The van der Waals surface area contributed by atoms with Crippen LogP contribution in [-0.4, -0.2) is 49.6 Å². The van der Waals surface area contributed by atoms with Crippen molar-refractivity contribution in [2.45, 2.75) is 40.5 Å². The zero-order chi connectivity index (χ0) is 15.6. The summed E-state index contributed by atoms with van der Waals surface area (Å²) in [7, 11) is 0. The molecule has 0 radical (unpaired) electrons. The fourth-order valence-electron chi connectivity index (χ4n) is 1.85. The Kier molecular flexibility index (Phi) is 9.16. The minimum absolute atomic E-state index is 0.0417. The summed E-state index contributed by atoms with van der Waals surface area (Å²) in [6, 6.07) is -0.425. The van der Waals surface area contributed by atoms with Gasteiger partial charge in [0.1, 0.15) is 0 Å². The minimum Gasteiger partial charge on any atom is -0.338 e. The molecule has 118 valence electrons. The molecule has 0 aliphatic carbocycles. The van der Waals surface area contributed by atoms with E-state index in [0.717, 1.165) is 25.9 Å². The summed E-state index contributed by atoms with van der Waals surface area (Å²) in [5.74, 6) is -0.278. The topological polar surface area (TPSA) is 87.5 Å². The molecule has 3 amide bonds. The Morgan fingerprint density at radius 1 is 1.20 bits per heavy atom. The third-order valence-corrected chi connectivity index (χ3v) is 2.90. The van der Waals surface area contributed by atoms with Crippen molar-refractivity contribution in [2.75, 3.05) is 32.7 Å². The zero-order valence-electron chi connectivity index (χ0n) is 13.3. The Balaban J connectivity index is 4.30. The summed E-state index contributed by atoms with van der Waals surface area (Å²) in [6.07, 6.45) is 1.80. The van der Waals surface area contributed by atoms with E-state index in [1.54, 1.807) is 0 Å². The molecule has 0 heterocycles. The largest absolute Gasteiger partial charge is 0.338 e. The third kappa shape index (κ3) is 8.87. The van der Waals surface area contributed by atoms with Gasteiger partial charge in [-0.05, 0) is 31.3 Å². The number of urea groups is 1. The average Bonchev–Trinajstić information content (AvgIpc) is 2.36. The van der Waals surface area contributed by atoms with Crippen molar-refractivity contribution in [3.63, 3.8) is 0 Å². The summed E-state index contributed by atoms with van der Waals surface area (Å²) < 4.78 is 0. The van der Waals surface area contributed by atoms with Crippen LogP contribution in [0.15, 0.2) is 0 Å². The van der Waals surface area contributed by atoms with Crippen LogP contribution in [0.1, 0.15) is 40.5 Å². The van der Waals surface area contributed by atoms with E-state index in [4.69, 9.17) is 5.73 Å². The van der Waals surface area contributed by atoms with Crippen LogP contribution in [0.4, 0.5) is 4.79 Å². The van der Waals surface area contributed by atoms with E-state index in [1.807, 2.05) is 11.8 Å². The van der Waals surface area contributed by atoms with Crippen LogP contribution in [0.3, 0.4) is 0 Å². The van der Waals surface area contributed by atoms with E-state index in [0.29, 0.717) is 13.1 Å². The molecule has 6 nitrogen and oxygen atoms in total. The molecular formula is C14H30N4O2. The fraction of sp³-hybridized carbons (Fsp3) is 0.857. The molecule has 0 bridgehead atoms. The van der Waals surface area contributed by atoms with Gasteiger partial charge in [-0.2, -0.15) is 0 Å². The quantitative estimate of drug-likeness (QED) is 0.588. The van der Waals surface area contributed by atoms with E-state index >= 15 is 0 Å². The zero-order valence-corrected chi connectivity index (χ0v) is 13.3. The Morgan fingerprint density at radius 3 is 2.35 bits per heavy atom. The molecule has 0 unspecified atom stereocenters. The van der Waals surface area contributed by atoms with Gasteiger partial charge in [0.05, 0.1) is 6.54 Å². The Bertz CT molecular complexity index is 306. The molecule has 6 heteroatoms. The molecule has 0 aromatic heterocycles. The predicted molar refractivity (Wildman–Crippen MR) is 81.4 cm³/mol. The predicted octanol–water partition coefficient (Wildman–Crippen LogP) is 0.919. The highest BCUT2D eigenvalue weighted by Crippen LogP contribution is 2.14. The first-order valence-corrected chi connectivity index (χ1v) is 7.34. The van der Waals surface area contributed by atoms with Crippen LogP contribution in [0.5, 0.6) is 0 Å². The molecule has 0 fully saturated rings. The van der Waals surface area contributed by atoms with Gasteiger partial charge in [-0.25, -0.2) is 4.79 Å². The van der Waals surface area contributed by atoms with E-state index in [9.17, 15) is 9.59 Å². The van der Waals surface area contributed by atoms with Gasteiger partial charge in [0.25, 0.3) is 0 Å². The fourth-order valence-corrected chi connectivity index (χ4v) is 1.85. The number of nitrogens with one attached hydrogen (secondary N) is 2. The monoisotopic (exact) mass is 286 g/mol. The van der Waals surface area contributed by atoms with Gasteiger partial charge in [0.2, 0.25) is 5.91 Å². The maximum Gasteiger partial charge on any atom is 0.321 e. The number of carbonyl (C=O) groups excluding carboxylic acids is 2. The summed E-state index contributed by atoms with van der Waals surface area (Å²) in [5.41, 5.74) is 5.68. The molecule has 0 saturated carbocycles. The number of nitrogens with two attached hydrogens (primary N) is 1. The van der Waals surface area contributed by atoms with Crippen molar-refractivity contribution < 1.29 is 9.59 Å². The number of nitrogens with zero attached hydrogens (tertiary/aromatic N) is 1. The molecule has 0 spiro atoms. The van der Waals surface area contributed by atoms with Crippen LogP contribution in [0.2, 0.25) is 0 Å². The Labute approximate surface area is 122 Å². The lowest BCUT2D eigenvalue weighted by Crippen LogP contribution is -2.47. The minimum atomic E-state index is -0.425. The highest BCUT2D eigenvalue weighted by Gasteiger charge is 2.21. The number of hydrogen-bond donors (Lipinski definition) is 3. The van der Waals surface area contributed by atoms with Crippen LogP contribution in [-0.2, 0) is 4.79 Å². The van der Waals surface area contributed by atoms with E-state index in [-0.39, 0.29) is 17.9 Å². The molecule has 0 aliphatic rings. The van der Waals surface area contributed by atoms with Crippen molar-refractivity contribution in [1.29, 1.82) is 0 Å². The molecule has 0 saturated heterocycles. The number of rotatable bonds is 9. The van der Waals surface area contributed by atoms with Crippen molar-refractivity contribution in [3.8, 4) is 0 Å². The molecule has 0 aromatic rings. The number of hydrogen-bond acceptors (Lipinski definition) is 4. The molecule has 4 N–H and O–H groups in total. The van der Waals surface area contributed by atoms with Gasteiger partial charge in [-0.1, -0.05) is 27.7 Å². The lowest BCUT2D eigenvalue weighted by Gasteiger charge is -2.31. The van der Waals surface area contributed by atoms with E-state index in [1.165, 1.54) is 0 Å². The maximum absolute atomic E-state index is 11.8. The van der Waals surface area contributed by atoms with Crippen LogP contribution in [0.25, 0.3) is 0 Å². The second-order valence-electron chi connectivity index (χ2n) is 5.88. The van der Waals surface area contributed by atoms with Crippen molar-refractivity contribution in [3.05, 3.63) is 0 Å². The molecular weight excluding hydrogens is 256 g/mol. The molecule has 0 aliphatic heterocycles. The molecule has 0 aromatic carbocycles. The smallest absolute Gasteiger partial charge is 0.321 e. The van der Waals surface area contributed by atoms with Gasteiger partial charge < -0.3 is 11.1 Å². The van der Waals surface area contributed by atoms with Gasteiger partial charge in [-0.15, -0.1) is 0 Å². The van der Waals surface area contributed by atoms with Gasteiger partial charge in [-0.3, -0.25) is 15.0 Å². The molecule has 0 atom stereocenters. The van der Waals surface area contributed by atoms with Gasteiger partial charge in [0.15, 0.2) is 0 Å². The summed E-state index contributed by atoms with van der Waals surface area (Å²) in [5, 5.41) is 4.96. The Morgan fingerprint density at radius 2 is 1.85 bits per heavy atom. The standard InChI is InChI=1S/C14H30N4O2/c1-5-7-16-13(20)17-12(19)9-18(8-6-2)11-14(3,4)10-15/h5-11,15H2,1-4H3,(H2,16,17,19,20). The van der Waals surface area contributed by atoms with Gasteiger partial charge in [0, 0.05) is 13.1 Å². The van der Waals surface area contributed by atoms with E-state index in [2.05, 4.69) is 31.4 Å². The van der Waals surface area contributed by atoms with Gasteiger partial charge >= 0.3 is 6.03 Å². The molecule has 0 rings (SSSR count). The first kappa shape index (κ1) is 18.9. The van der Waals surface area contributed by atoms with Crippen LogP contribution >= 0.6 is 0 Å². The van der Waals surface area contributed by atoms with Crippen LogP contribution in [0, 0.1) is 5.41 Å². The van der Waals surface area contributed by atoms with Crippen molar-refractivity contribution in [2.24, 2.45) is 11.1 Å². The SMILES string of the molecule is CCCNC(=O)NC(=O)CN(CCC)CC(C)(C)CN. The summed E-state index contributed by atoms with van der Waals surface area (Å²) in [6.45, 7) is 11.1. The average molecular weight is 286 g/mol. The second-order valence-corrected chi connectivity index (χ2v) is 5.88. The Hall–Kier alpha value is -1.14. The van der Waals surface area contributed by atoms with Crippen molar-refractivity contribution in [1.82, 2.24) is 15.5 Å². The van der Waals surface area contributed by atoms with Crippen LogP contribution < -0.4 is 16.4 Å². The first-order valence-electron chi connectivity index (χ1n) is 7.34. The second kappa shape index (κ2) is 9.72. The van der Waals surface area contributed by atoms with E-state index < -0.39 is 6.03 Å². The first-order chi connectivity index (χ1) is 9.34. The maximum atomic E-state index is 11.8. The highest BCUT2D eigenvalue weighted by molar-refractivity contribution is 5.95. The third-order valence-electron chi connectivity index (χ3n) is 2.90. The molecule has 20 heavy (non-hydrogen) atoms. The summed E-state index contributed by atoms with van der Waals surface area (Å²) >= 11 is 0. The lowest BCUT2D eigenvalue weighted by atomic mass is 9.93. The lowest BCUT2D eigenvalue weighted by molar-refractivity contribution is -0.121. The van der Waals surface area contributed by atoms with Crippen molar-refractivity contribution >= 4 is 11.9 Å². The highest BCUT2D eigenvalue weighted by atomic mass is 16.2. The normalized spacial score (nSPS) is 11.5. The number of amides is 3. The summed E-state index contributed by atoms with van der Waals surface area (Å²) in [4.78, 5) is 25.3. The number of imide groups is 1.